The zero-order chi connectivity index (χ0) is 13.1. The normalized spacial score (nSPS) is 13.6. The summed E-state index contributed by atoms with van der Waals surface area (Å²) in [5.74, 6) is -0.124. The molecular formula is C12H19NO2S2. The van der Waals surface area contributed by atoms with Gasteiger partial charge in [-0.3, -0.25) is 4.79 Å². The van der Waals surface area contributed by atoms with Crippen LogP contribution in [0.15, 0.2) is 12.1 Å². The third-order valence-corrected chi connectivity index (χ3v) is 5.53. The lowest BCUT2D eigenvalue weighted by molar-refractivity contribution is -0.139. The minimum absolute atomic E-state index is 0.456. The van der Waals surface area contributed by atoms with Crippen LogP contribution in [0.4, 0.5) is 0 Å². The van der Waals surface area contributed by atoms with E-state index < -0.39 is 16.8 Å². The molecule has 0 fully saturated rings. The smallest absolute Gasteiger partial charge is 0.321 e. The Morgan fingerprint density at radius 2 is 2.12 bits per heavy atom. The average molecular weight is 273 g/mol. The van der Waals surface area contributed by atoms with E-state index in [4.69, 9.17) is 10.8 Å². The second-order valence-corrected chi connectivity index (χ2v) is 7.31. The molecule has 1 rings (SSSR count). The maximum absolute atomic E-state index is 10.9. The second-order valence-electron chi connectivity index (χ2n) is 4.43. The molecule has 3 N–H and O–H groups in total. The molecule has 96 valence electrons. The third kappa shape index (κ3) is 4.01. The summed E-state index contributed by atoms with van der Waals surface area (Å²) in [5, 5.41) is 8.92. The maximum atomic E-state index is 10.9. The number of hydrogen-bond donors (Lipinski definition) is 2. The zero-order valence-corrected chi connectivity index (χ0v) is 12.0. The molecule has 1 aromatic heterocycles. The van der Waals surface area contributed by atoms with E-state index in [1.54, 1.807) is 23.1 Å². The number of carbonyl (C=O) groups is 1. The summed E-state index contributed by atoms with van der Waals surface area (Å²) in [6.45, 7) is 5.89. The molecule has 0 spiro atoms. The summed E-state index contributed by atoms with van der Waals surface area (Å²) in [7, 11) is 0. The number of hydrogen-bond acceptors (Lipinski definition) is 4. The SMILES string of the molecule is CCc1ccc(CSC(C)(C)[C@H](N)C(=O)O)s1. The Balaban J connectivity index is 2.57. The van der Waals surface area contributed by atoms with Crippen molar-refractivity contribution in [3.05, 3.63) is 21.9 Å². The Morgan fingerprint density at radius 3 is 2.59 bits per heavy atom. The van der Waals surface area contributed by atoms with Gasteiger partial charge in [0.1, 0.15) is 6.04 Å². The Bertz CT molecular complexity index is 388. The molecule has 0 amide bonds. The highest BCUT2D eigenvalue weighted by molar-refractivity contribution is 8.00. The number of thiophene rings is 1. The van der Waals surface area contributed by atoms with E-state index in [-0.39, 0.29) is 0 Å². The topological polar surface area (TPSA) is 63.3 Å². The summed E-state index contributed by atoms with van der Waals surface area (Å²) in [6, 6.07) is 3.40. The van der Waals surface area contributed by atoms with Crippen molar-refractivity contribution < 1.29 is 9.90 Å². The van der Waals surface area contributed by atoms with Gasteiger partial charge in [0.15, 0.2) is 0 Å². The van der Waals surface area contributed by atoms with E-state index in [0.717, 1.165) is 12.2 Å². The molecule has 0 unspecified atom stereocenters. The quantitative estimate of drug-likeness (QED) is 0.836. The number of aliphatic carboxylic acids is 1. The number of rotatable bonds is 6. The molecule has 17 heavy (non-hydrogen) atoms. The highest BCUT2D eigenvalue weighted by Crippen LogP contribution is 2.32. The first kappa shape index (κ1) is 14.5. The molecular weight excluding hydrogens is 254 g/mol. The molecule has 1 heterocycles. The van der Waals surface area contributed by atoms with E-state index in [2.05, 4.69) is 19.1 Å². The highest BCUT2D eigenvalue weighted by Gasteiger charge is 2.32. The first-order valence-electron chi connectivity index (χ1n) is 5.56. The van der Waals surface area contributed by atoms with Crippen molar-refractivity contribution in [2.24, 2.45) is 5.73 Å². The number of carboxylic acid groups (broad SMARTS) is 1. The second kappa shape index (κ2) is 5.89. The minimum atomic E-state index is -0.942. The molecule has 0 radical (unpaired) electrons. The first-order chi connectivity index (χ1) is 7.86. The summed E-state index contributed by atoms with van der Waals surface area (Å²) < 4.78 is -0.456. The third-order valence-electron chi connectivity index (χ3n) is 2.67. The molecule has 5 heteroatoms. The lowest BCUT2D eigenvalue weighted by atomic mass is 10.1. The minimum Gasteiger partial charge on any atom is -0.480 e. The largest absolute Gasteiger partial charge is 0.480 e. The van der Waals surface area contributed by atoms with Crippen LogP contribution in [0.5, 0.6) is 0 Å². The number of nitrogens with two attached hydrogens (primary N) is 1. The monoisotopic (exact) mass is 273 g/mol. The molecule has 0 bridgehead atoms. The van der Waals surface area contributed by atoms with Crippen LogP contribution in [0, 0.1) is 0 Å². The van der Waals surface area contributed by atoms with Gasteiger partial charge < -0.3 is 10.8 Å². The van der Waals surface area contributed by atoms with Gasteiger partial charge in [0.05, 0.1) is 0 Å². The first-order valence-corrected chi connectivity index (χ1v) is 7.37. The van der Waals surface area contributed by atoms with Crippen LogP contribution in [0.2, 0.25) is 0 Å². The van der Waals surface area contributed by atoms with Gasteiger partial charge >= 0.3 is 5.97 Å². The van der Waals surface area contributed by atoms with E-state index >= 15 is 0 Å². The molecule has 3 nitrogen and oxygen atoms in total. The van der Waals surface area contributed by atoms with Crippen molar-refractivity contribution in [3.63, 3.8) is 0 Å². The van der Waals surface area contributed by atoms with E-state index in [1.807, 2.05) is 13.8 Å². The van der Waals surface area contributed by atoms with Gasteiger partial charge in [0.2, 0.25) is 0 Å². The van der Waals surface area contributed by atoms with Crippen LogP contribution in [0.1, 0.15) is 30.5 Å². The van der Waals surface area contributed by atoms with Gasteiger partial charge in [-0.2, -0.15) is 0 Å². The standard InChI is InChI=1S/C12H19NO2S2/c1-4-8-5-6-9(17-8)7-16-12(2,3)10(13)11(14)15/h5-6,10H,4,7,13H2,1-3H3,(H,14,15)/t10-/m1/s1. The van der Waals surface area contributed by atoms with E-state index in [1.165, 1.54) is 9.75 Å². The van der Waals surface area contributed by atoms with Crippen LogP contribution in [0.3, 0.4) is 0 Å². The predicted octanol–water partition coefficient (Wildman–Crippen LogP) is 2.73. The van der Waals surface area contributed by atoms with Crippen molar-refractivity contribution in [1.29, 1.82) is 0 Å². The highest BCUT2D eigenvalue weighted by atomic mass is 32.2. The average Bonchev–Trinajstić information content (AvgIpc) is 2.73. The van der Waals surface area contributed by atoms with Gasteiger partial charge in [0.25, 0.3) is 0 Å². The molecule has 0 saturated heterocycles. The molecule has 0 aliphatic heterocycles. The van der Waals surface area contributed by atoms with Gasteiger partial charge in [-0.1, -0.05) is 6.92 Å². The zero-order valence-electron chi connectivity index (χ0n) is 10.4. The lowest BCUT2D eigenvalue weighted by Crippen LogP contribution is -2.46. The summed E-state index contributed by atoms with van der Waals surface area (Å²) >= 11 is 3.38. The number of aryl methyl sites for hydroxylation is 1. The molecule has 0 aliphatic rings. The summed E-state index contributed by atoms with van der Waals surface area (Å²) in [4.78, 5) is 13.5. The fourth-order valence-corrected chi connectivity index (χ4v) is 3.39. The van der Waals surface area contributed by atoms with Crippen molar-refractivity contribution in [3.8, 4) is 0 Å². The molecule has 1 aromatic rings. The Hall–Kier alpha value is -0.520. The van der Waals surface area contributed by atoms with Gasteiger partial charge in [-0.05, 0) is 32.4 Å². The van der Waals surface area contributed by atoms with Gasteiger partial charge in [0, 0.05) is 20.3 Å². The Kier molecular flexibility index (Phi) is 5.04. The number of thioether (sulfide) groups is 1. The Labute approximate surface area is 110 Å². The molecule has 0 aliphatic carbocycles. The summed E-state index contributed by atoms with van der Waals surface area (Å²) in [5.41, 5.74) is 5.67. The molecule has 1 atom stereocenters. The Morgan fingerprint density at radius 1 is 1.53 bits per heavy atom. The number of carboxylic acids is 1. The summed E-state index contributed by atoms with van der Waals surface area (Å²) in [6.07, 6.45) is 1.05. The van der Waals surface area contributed by atoms with Gasteiger partial charge in [-0.15, -0.1) is 23.1 Å². The van der Waals surface area contributed by atoms with Crippen LogP contribution in [0.25, 0.3) is 0 Å². The van der Waals surface area contributed by atoms with Crippen LogP contribution >= 0.6 is 23.1 Å². The lowest BCUT2D eigenvalue weighted by Gasteiger charge is -2.27. The van der Waals surface area contributed by atoms with Crippen molar-refractivity contribution >= 4 is 29.1 Å². The van der Waals surface area contributed by atoms with Crippen LogP contribution in [-0.2, 0) is 17.0 Å². The van der Waals surface area contributed by atoms with E-state index in [9.17, 15) is 4.79 Å². The predicted molar refractivity (Wildman–Crippen MR) is 74.7 cm³/mol. The van der Waals surface area contributed by atoms with Crippen LogP contribution < -0.4 is 5.73 Å². The maximum Gasteiger partial charge on any atom is 0.321 e. The van der Waals surface area contributed by atoms with Crippen molar-refractivity contribution in [2.75, 3.05) is 0 Å². The van der Waals surface area contributed by atoms with Crippen molar-refractivity contribution in [2.45, 2.75) is 43.7 Å². The fraction of sp³-hybridized carbons (Fsp3) is 0.583. The fourth-order valence-electron chi connectivity index (χ4n) is 1.33. The van der Waals surface area contributed by atoms with Crippen molar-refractivity contribution in [1.82, 2.24) is 0 Å². The van der Waals surface area contributed by atoms with Gasteiger partial charge in [-0.25, -0.2) is 0 Å². The van der Waals surface area contributed by atoms with E-state index in [0.29, 0.717) is 0 Å². The molecule has 0 saturated carbocycles. The van der Waals surface area contributed by atoms with Crippen LogP contribution in [-0.4, -0.2) is 21.9 Å². The molecule has 0 aromatic carbocycles.